The number of hydrogen-bond acceptors (Lipinski definition) is 7. The zero-order valence-electron chi connectivity index (χ0n) is 14.4. The lowest BCUT2D eigenvalue weighted by Crippen LogP contribution is -2.20. The fraction of sp³-hybridized carbons (Fsp3) is 0.333. The van der Waals surface area contributed by atoms with Crippen LogP contribution in [0.5, 0.6) is 5.75 Å². The van der Waals surface area contributed by atoms with E-state index in [1.807, 2.05) is 37.4 Å². The van der Waals surface area contributed by atoms with Gasteiger partial charge in [-0.2, -0.15) is 0 Å². The van der Waals surface area contributed by atoms with Gasteiger partial charge >= 0.3 is 0 Å². The van der Waals surface area contributed by atoms with Crippen molar-refractivity contribution in [2.45, 2.75) is 32.1 Å². The monoisotopic (exact) mass is 376 g/mol. The van der Waals surface area contributed by atoms with E-state index in [2.05, 4.69) is 23.2 Å². The van der Waals surface area contributed by atoms with Crippen molar-refractivity contribution in [2.24, 2.45) is 0 Å². The summed E-state index contributed by atoms with van der Waals surface area (Å²) in [4.78, 5) is 0.939. The van der Waals surface area contributed by atoms with E-state index < -0.39 is 6.10 Å². The normalized spacial score (nSPS) is 12.3. The molecule has 2 aromatic heterocycles. The molecule has 2 heterocycles. The van der Waals surface area contributed by atoms with E-state index >= 15 is 0 Å². The second kappa shape index (κ2) is 8.03. The average molecular weight is 377 g/mol. The first-order valence-electron chi connectivity index (χ1n) is 7.92. The highest BCUT2D eigenvalue weighted by Gasteiger charge is 2.14. The lowest BCUT2D eigenvalue weighted by Gasteiger charge is -2.16. The molecule has 1 aromatic carbocycles. The Bertz CT molecular complexity index is 831. The summed E-state index contributed by atoms with van der Waals surface area (Å²) in [5.41, 5.74) is 3.36. The molecular formula is C18H20N2O3S2. The maximum atomic E-state index is 10.2. The van der Waals surface area contributed by atoms with Gasteiger partial charge in [0.15, 0.2) is 0 Å². The van der Waals surface area contributed by atoms with Gasteiger partial charge in [-0.15, -0.1) is 21.5 Å². The van der Waals surface area contributed by atoms with E-state index in [1.165, 1.54) is 17.3 Å². The Hall–Kier alpha value is -1.83. The molecule has 0 aliphatic heterocycles. The van der Waals surface area contributed by atoms with E-state index in [1.54, 1.807) is 11.3 Å². The minimum Gasteiger partial charge on any atom is -0.490 e. The maximum Gasteiger partial charge on any atom is 0.276 e. The molecule has 0 aliphatic carbocycles. The molecule has 5 nitrogen and oxygen atoms in total. The molecule has 1 unspecified atom stereocenters. The number of benzene rings is 1. The molecule has 1 atom stereocenters. The topological polar surface area (TPSA) is 68.4 Å². The summed E-state index contributed by atoms with van der Waals surface area (Å²) in [6, 6.07) is 7.98. The molecule has 7 heteroatoms. The standard InChI is InChI=1S/C18H20N2O3S2/c1-11-6-7-12(2)16(13(11)3)22-9-14(21)10-25-18-20-19-17(23-18)15-5-4-8-24-15/h4-8,14,21H,9-10H2,1-3H3. The van der Waals surface area contributed by atoms with Crippen molar-refractivity contribution < 1.29 is 14.3 Å². The van der Waals surface area contributed by atoms with Crippen LogP contribution in [0, 0.1) is 20.8 Å². The Morgan fingerprint density at radius 3 is 2.76 bits per heavy atom. The summed E-state index contributed by atoms with van der Waals surface area (Å²) in [5, 5.41) is 20.6. The smallest absolute Gasteiger partial charge is 0.276 e. The predicted molar refractivity (Wildman–Crippen MR) is 100 cm³/mol. The summed E-state index contributed by atoms with van der Waals surface area (Å²) >= 11 is 2.88. The zero-order chi connectivity index (χ0) is 17.8. The second-order valence-electron chi connectivity index (χ2n) is 5.78. The minimum absolute atomic E-state index is 0.226. The van der Waals surface area contributed by atoms with E-state index in [0.29, 0.717) is 16.9 Å². The van der Waals surface area contributed by atoms with E-state index in [0.717, 1.165) is 21.8 Å². The highest BCUT2D eigenvalue weighted by Crippen LogP contribution is 2.28. The number of aliphatic hydroxyl groups is 1. The van der Waals surface area contributed by atoms with E-state index in [4.69, 9.17) is 9.15 Å². The summed E-state index contributed by atoms with van der Waals surface area (Å²) in [7, 11) is 0. The number of ether oxygens (including phenoxy) is 1. The van der Waals surface area contributed by atoms with Crippen LogP contribution in [0.1, 0.15) is 16.7 Å². The van der Waals surface area contributed by atoms with Crippen LogP contribution in [0.4, 0.5) is 0 Å². The van der Waals surface area contributed by atoms with Gasteiger partial charge in [0.1, 0.15) is 12.4 Å². The van der Waals surface area contributed by atoms with Crippen LogP contribution >= 0.6 is 23.1 Å². The third-order valence-corrected chi connectivity index (χ3v) is 5.65. The average Bonchev–Trinajstić information content (AvgIpc) is 3.27. The molecule has 3 aromatic rings. The molecule has 0 radical (unpaired) electrons. The Morgan fingerprint density at radius 2 is 2.00 bits per heavy atom. The Morgan fingerprint density at radius 1 is 1.20 bits per heavy atom. The van der Waals surface area contributed by atoms with Crippen LogP contribution < -0.4 is 4.74 Å². The van der Waals surface area contributed by atoms with E-state index in [9.17, 15) is 5.11 Å². The number of aromatic nitrogens is 2. The first-order chi connectivity index (χ1) is 12.0. The third kappa shape index (κ3) is 4.42. The van der Waals surface area contributed by atoms with Gasteiger partial charge in [-0.3, -0.25) is 0 Å². The van der Waals surface area contributed by atoms with Gasteiger partial charge in [0.2, 0.25) is 0 Å². The van der Waals surface area contributed by atoms with Crippen molar-refractivity contribution in [3.05, 3.63) is 46.3 Å². The summed E-state index contributed by atoms with van der Waals surface area (Å²) in [6.07, 6.45) is -0.624. The SMILES string of the molecule is Cc1ccc(C)c(OCC(O)CSc2nnc(-c3cccs3)o2)c1C. The van der Waals surface area contributed by atoms with Crippen molar-refractivity contribution in [2.75, 3.05) is 12.4 Å². The molecule has 132 valence electrons. The number of hydrogen-bond donors (Lipinski definition) is 1. The number of thioether (sulfide) groups is 1. The highest BCUT2D eigenvalue weighted by atomic mass is 32.2. The molecule has 3 rings (SSSR count). The molecule has 0 amide bonds. The molecule has 25 heavy (non-hydrogen) atoms. The largest absolute Gasteiger partial charge is 0.490 e. The third-order valence-electron chi connectivity index (χ3n) is 3.83. The molecule has 0 fully saturated rings. The van der Waals surface area contributed by atoms with Gasteiger partial charge in [-0.1, -0.05) is 30.0 Å². The Labute approximate surface area is 155 Å². The first kappa shape index (κ1) is 18.0. The maximum absolute atomic E-state index is 10.2. The molecular weight excluding hydrogens is 356 g/mol. The van der Waals surface area contributed by atoms with Crippen LogP contribution in [0.25, 0.3) is 10.8 Å². The van der Waals surface area contributed by atoms with Crippen molar-refractivity contribution in [3.63, 3.8) is 0 Å². The molecule has 0 saturated heterocycles. The van der Waals surface area contributed by atoms with Crippen molar-refractivity contribution >= 4 is 23.1 Å². The molecule has 0 saturated carbocycles. The number of aliphatic hydroxyl groups excluding tert-OH is 1. The van der Waals surface area contributed by atoms with Crippen LogP contribution in [-0.2, 0) is 0 Å². The number of thiophene rings is 1. The van der Waals surface area contributed by atoms with Crippen LogP contribution in [0.15, 0.2) is 39.3 Å². The lowest BCUT2D eigenvalue weighted by molar-refractivity contribution is 0.125. The number of aryl methyl sites for hydroxylation is 2. The highest BCUT2D eigenvalue weighted by molar-refractivity contribution is 7.99. The van der Waals surface area contributed by atoms with Crippen molar-refractivity contribution in [3.8, 4) is 16.5 Å². The molecule has 0 aliphatic rings. The van der Waals surface area contributed by atoms with Crippen molar-refractivity contribution in [1.29, 1.82) is 0 Å². The van der Waals surface area contributed by atoms with Crippen LogP contribution in [0.2, 0.25) is 0 Å². The fourth-order valence-electron chi connectivity index (χ4n) is 2.31. The van der Waals surface area contributed by atoms with Crippen LogP contribution in [0.3, 0.4) is 0 Å². The summed E-state index contributed by atoms with van der Waals surface area (Å²) in [6.45, 7) is 6.31. The van der Waals surface area contributed by atoms with Gasteiger partial charge in [-0.05, 0) is 48.9 Å². The van der Waals surface area contributed by atoms with Gasteiger partial charge in [0.25, 0.3) is 11.1 Å². The van der Waals surface area contributed by atoms with E-state index in [-0.39, 0.29) is 6.61 Å². The van der Waals surface area contributed by atoms with Crippen molar-refractivity contribution in [1.82, 2.24) is 10.2 Å². The van der Waals surface area contributed by atoms with Gasteiger partial charge in [0.05, 0.1) is 11.0 Å². The number of nitrogens with zero attached hydrogens (tertiary/aromatic N) is 2. The molecule has 0 spiro atoms. The zero-order valence-corrected chi connectivity index (χ0v) is 16.0. The predicted octanol–water partition coefficient (Wildman–Crippen LogP) is 4.26. The summed E-state index contributed by atoms with van der Waals surface area (Å²) < 4.78 is 11.4. The quantitative estimate of drug-likeness (QED) is 0.622. The van der Waals surface area contributed by atoms with Gasteiger partial charge in [0, 0.05) is 5.75 Å². The van der Waals surface area contributed by atoms with Gasteiger partial charge < -0.3 is 14.3 Å². The fourth-order valence-corrected chi connectivity index (χ4v) is 3.62. The lowest BCUT2D eigenvalue weighted by atomic mass is 10.1. The first-order valence-corrected chi connectivity index (χ1v) is 9.79. The van der Waals surface area contributed by atoms with Crippen LogP contribution in [-0.4, -0.2) is 33.8 Å². The molecule has 0 bridgehead atoms. The Kier molecular flexibility index (Phi) is 5.78. The minimum atomic E-state index is -0.624. The summed E-state index contributed by atoms with van der Waals surface area (Å²) in [5.74, 6) is 1.78. The second-order valence-corrected chi connectivity index (χ2v) is 7.70. The Balaban J connectivity index is 1.52. The van der Waals surface area contributed by atoms with Gasteiger partial charge in [-0.25, -0.2) is 0 Å². The molecule has 1 N–H and O–H groups in total. The number of rotatable bonds is 7.